The lowest BCUT2D eigenvalue weighted by atomic mass is 10.2. The van der Waals surface area contributed by atoms with E-state index in [9.17, 15) is 0 Å². The van der Waals surface area contributed by atoms with Crippen LogP contribution in [0.15, 0.2) is 59.7 Å². The minimum atomic E-state index is 0.781. The summed E-state index contributed by atoms with van der Waals surface area (Å²) in [4.78, 5) is 9.68. The van der Waals surface area contributed by atoms with E-state index in [1.54, 1.807) is 0 Å². The van der Waals surface area contributed by atoms with Crippen LogP contribution in [0.1, 0.15) is 19.2 Å². The molecule has 1 aromatic carbocycles. The van der Waals surface area contributed by atoms with Crippen molar-refractivity contribution >= 4 is 17.3 Å². The number of fused-ring (bicyclic) bond motifs is 1. The Morgan fingerprint density at radius 1 is 1.00 bits per heavy atom. The van der Waals surface area contributed by atoms with E-state index >= 15 is 0 Å². The molecule has 29 heavy (non-hydrogen) atoms. The lowest BCUT2D eigenvalue weighted by Gasteiger charge is -2.37. The number of rotatable bonds is 6. The van der Waals surface area contributed by atoms with Gasteiger partial charge in [0.1, 0.15) is 5.82 Å². The molecular formula is C22H29N7. The number of para-hydroxylation sites is 1. The molecule has 0 bridgehead atoms. The molecule has 3 heterocycles. The van der Waals surface area contributed by atoms with Crippen molar-refractivity contribution in [3.8, 4) is 0 Å². The number of pyridine rings is 1. The van der Waals surface area contributed by atoms with Crippen LogP contribution in [0.25, 0.3) is 5.65 Å². The van der Waals surface area contributed by atoms with Crippen LogP contribution in [-0.4, -0.2) is 64.7 Å². The van der Waals surface area contributed by atoms with Gasteiger partial charge in [0.15, 0.2) is 11.6 Å². The van der Waals surface area contributed by atoms with Gasteiger partial charge in [0.25, 0.3) is 0 Å². The van der Waals surface area contributed by atoms with Crippen molar-refractivity contribution in [1.82, 2.24) is 24.8 Å². The Hall–Kier alpha value is -3.09. The van der Waals surface area contributed by atoms with E-state index in [4.69, 9.17) is 4.99 Å². The van der Waals surface area contributed by atoms with Crippen LogP contribution in [0.4, 0.5) is 5.69 Å². The zero-order valence-electron chi connectivity index (χ0n) is 17.0. The normalized spacial score (nSPS) is 15.1. The fourth-order valence-corrected chi connectivity index (χ4v) is 3.72. The maximum Gasteiger partial charge on any atom is 0.194 e. The molecule has 152 valence electrons. The summed E-state index contributed by atoms with van der Waals surface area (Å²) in [6.45, 7) is 7.78. The van der Waals surface area contributed by atoms with Gasteiger partial charge in [-0.1, -0.05) is 24.3 Å². The van der Waals surface area contributed by atoms with Gasteiger partial charge >= 0.3 is 0 Å². The number of nitrogens with one attached hydrogen (secondary N) is 1. The van der Waals surface area contributed by atoms with Crippen molar-refractivity contribution in [3.05, 3.63) is 60.6 Å². The first-order valence-corrected chi connectivity index (χ1v) is 10.5. The molecule has 0 atom stereocenters. The molecule has 0 aliphatic carbocycles. The number of guanidine groups is 1. The molecule has 1 saturated heterocycles. The van der Waals surface area contributed by atoms with Gasteiger partial charge in [-0.05, 0) is 37.6 Å². The monoisotopic (exact) mass is 391 g/mol. The molecule has 7 nitrogen and oxygen atoms in total. The maximum absolute atomic E-state index is 4.87. The van der Waals surface area contributed by atoms with E-state index in [1.807, 2.05) is 24.4 Å². The van der Waals surface area contributed by atoms with E-state index in [0.717, 1.165) is 69.5 Å². The lowest BCUT2D eigenvalue weighted by molar-refractivity contribution is 0.372. The standard InChI is InChI=1S/C22H29N7/c1-2-23-22(28-17-15-27(16-18-28)19-9-4-3-5-10-19)24-13-8-12-21-26-25-20-11-6-7-14-29(20)21/h3-7,9-11,14H,2,8,12-13,15-18H2,1H3,(H,23,24). The zero-order chi connectivity index (χ0) is 19.9. The van der Waals surface area contributed by atoms with Gasteiger partial charge in [0, 0.05) is 57.6 Å². The van der Waals surface area contributed by atoms with Gasteiger partial charge < -0.3 is 15.1 Å². The number of nitrogens with zero attached hydrogens (tertiary/aromatic N) is 6. The summed E-state index contributed by atoms with van der Waals surface area (Å²) in [5, 5.41) is 12.0. The Bertz CT molecular complexity index is 926. The van der Waals surface area contributed by atoms with Crippen LogP contribution in [0.2, 0.25) is 0 Å². The van der Waals surface area contributed by atoms with Gasteiger partial charge in [-0.25, -0.2) is 0 Å². The van der Waals surface area contributed by atoms with E-state index in [0.29, 0.717) is 0 Å². The number of hydrogen-bond acceptors (Lipinski definition) is 4. The number of piperazine rings is 1. The highest BCUT2D eigenvalue weighted by atomic mass is 15.3. The molecule has 2 aromatic heterocycles. The van der Waals surface area contributed by atoms with Crippen LogP contribution in [0.3, 0.4) is 0 Å². The summed E-state index contributed by atoms with van der Waals surface area (Å²) in [6.07, 6.45) is 3.84. The number of aryl methyl sites for hydroxylation is 1. The number of hydrogen-bond donors (Lipinski definition) is 1. The van der Waals surface area contributed by atoms with Crippen LogP contribution in [0, 0.1) is 0 Å². The highest BCUT2D eigenvalue weighted by Gasteiger charge is 2.19. The Morgan fingerprint density at radius 2 is 1.79 bits per heavy atom. The van der Waals surface area contributed by atoms with Crippen LogP contribution in [-0.2, 0) is 6.42 Å². The van der Waals surface area contributed by atoms with Gasteiger partial charge in [-0.15, -0.1) is 10.2 Å². The second kappa shape index (κ2) is 9.41. The van der Waals surface area contributed by atoms with Crippen molar-refractivity contribution < 1.29 is 0 Å². The number of anilines is 1. The summed E-state index contributed by atoms with van der Waals surface area (Å²) in [5.41, 5.74) is 2.20. The second-order valence-corrected chi connectivity index (χ2v) is 7.19. The Labute approximate surface area is 172 Å². The largest absolute Gasteiger partial charge is 0.368 e. The minimum absolute atomic E-state index is 0.781. The van der Waals surface area contributed by atoms with Crippen molar-refractivity contribution in [2.24, 2.45) is 4.99 Å². The molecule has 1 N–H and O–H groups in total. The molecule has 0 radical (unpaired) electrons. The molecule has 1 aliphatic heterocycles. The fraction of sp³-hybridized carbons (Fsp3) is 0.409. The van der Waals surface area contributed by atoms with Gasteiger partial charge in [0.2, 0.25) is 0 Å². The SMILES string of the molecule is CCNC(=NCCCc1nnc2ccccn12)N1CCN(c2ccccc2)CC1. The van der Waals surface area contributed by atoms with Gasteiger partial charge in [-0.2, -0.15) is 0 Å². The molecule has 3 aromatic rings. The molecule has 0 spiro atoms. The third kappa shape index (κ3) is 4.67. The van der Waals surface area contributed by atoms with Crippen LogP contribution >= 0.6 is 0 Å². The van der Waals surface area contributed by atoms with Crippen molar-refractivity contribution in [2.75, 3.05) is 44.2 Å². The molecule has 0 unspecified atom stereocenters. The van der Waals surface area contributed by atoms with Crippen molar-refractivity contribution in [2.45, 2.75) is 19.8 Å². The van der Waals surface area contributed by atoms with Gasteiger partial charge in [0.05, 0.1) is 0 Å². The molecule has 4 rings (SSSR count). The second-order valence-electron chi connectivity index (χ2n) is 7.19. The maximum atomic E-state index is 4.87. The average Bonchev–Trinajstić information content (AvgIpc) is 3.20. The fourth-order valence-electron chi connectivity index (χ4n) is 3.72. The minimum Gasteiger partial charge on any atom is -0.368 e. The van der Waals surface area contributed by atoms with Crippen molar-refractivity contribution in [1.29, 1.82) is 0 Å². The van der Waals surface area contributed by atoms with E-state index in [2.05, 4.69) is 67.0 Å². The van der Waals surface area contributed by atoms with E-state index < -0.39 is 0 Å². The molecule has 1 aliphatic rings. The third-order valence-electron chi connectivity index (χ3n) is 5.24. The number of aromatic nitrogens is 3. The van der Waals surface area contributed by atoms with Crippen molar-refractivity contribution in [3.63, 3.8) is 0 Å². The molecule has 0 amide bonds. The Morgan fingerprint density at radius 3 is 2.59 bits per heavy atom. The first-order chi connectivity index (χ1) is 14.3. The summed E-state index contributed by atoms with van der Waals surface area (Å²) >= 11 is 0. The average molecular weight is 392 g/mol. The third-order valence-corrected chi connectivity index (χ3v) is 5.24. The number of benzene rings is 1. The quantitative estimate of drug-likeness (QED) is 0.397. The van der Waals surface area contributed by atoms with Gasteiger partial charge in [-0.3, -0.25) is 9.39 Å². The molecule has 7 heteroatoms. The van der Waals surface area contributed by atoms with Crippen LogP contribution < -0.4 is 10.2 Å². The smallest absolute Gasteiger partial charge is 0.194 e. The summed E-state index contributed by atoms with van der Waals surface area (Å²) in [7, 11) is 0. The van der Waals surface area contributed by atoms with Crippen LogP contribution in [0.5, 0.6) is 0 Å². The summed E-state index contributed by atoms with van der Waals surface area (Å²) in [5.74, 6) is 2.02. The highest BCUT2D eigenvalue weighted by molar-refractivity contribution is 5.80. The highest BCUT2D eigenvalue weighted by Crippen LogP contribution is 2.15. The predicted molar refractivity (Wildman–Crippen MR) is 118 cm³/mol. The first-order valence-electron chi connectivity index (χ1n) is 10.5. The zero-order valence-corrected chi connectivity index (χ0v) is 17.0. The predicted octanol–water partition coefficient (Wildman–Crippen LogP) is 2.45. The number of aliphatic imine (C=N–C) groups is 1. The molecule has 1 fully saturated rings. The summed E-state index contributed by atoms with van der Waals surface area (Å²) < 4.78 is 2.05. The molecule has 0 saturated carbocycles. The van der Waals surface area contributed by atoms with E-state index in [1.165, 1.54) is 5.69 Å². The Kier molecular flexibility index (Phi) is 6.24. The Balaban J connectivity index is 1.31. The van der Waals surface area contributed by atoms with E-state index in [-0.39, 0.29) is 0 Å². The summed E-state index contributed by atoms with van der Waals surface area (Å²) in [6, 6.07) is 16.6. The first kappa shape index (κ1) is 19.2. The topological polar surface area (TPSA) is 61.1 Å². The lowest BCUT2D eigenvalue weighted by Crippen LogP contribution is -2.52. The molecular weight excluding hydrogens is 362 g/mol.